The lowest BCUT2D eigenvalue weighted by molar-refractivity contribution is -0.922. The summed E-state index contributed by atoms with van der Waals surface area (Å²) in [7, 11) is 5.04. The summed E-state index contributed by atoms with van der Waals surface area (Å²) in [4.78, 5) is 21.4. The van der Waals surface area contributed by atoms with Gasteiger partial charge in [0.05, 0.1) is 47.4 Å². The van der Waals surface area contributed by atoms with Crippen LogP contribution in [-0.2, 0) is 25.6 Å². The lowest BCUT2D eigenvalue weighted by Gasteiger charge is -2.35. The number of aliphatic hydroxyl groups is 1. The number of ether oxygens (including phenoxy) is 2. The molecule has 0 aliphatic carbocycles. The fourth-order valence-electron chi connectivity index (χ4n) is 2.84. The molecule has 9 nitrogen and oxygen atoms in total. The number of likely N-dealkylation sites (N-methyl/N-ethyl adjacent to an activating group) is 1. The first-order valence-corrected chi connectivity index (χ1v) is 13.8. The van der Waals surface area contributed by atoms with Crippen LogP contribution in [0.3, 0.4) is 0 Å². The molecule has 11 heteroatoms. The number of quaternary nitrogens is 1. The first-order chi connectivity index (χ1) is 15.4. The monoisotopic (exact) mass is 508 g/mol. The summed E-state index contributed by atoms with van der Waals surface area (Å²) in [6, 6.07) is 7.49. The molecule has 0 amide bonds. The van der Waals surface area contributed by atoms with E-state index >= 15 is 0 Å². The van der Waals surface area contributed by atoms with E-state index in [1.54, 1.807) is 21.1 Å². The van der Waals surface area contributed by atoms with Gasteiger partial charge in [0.2, 0.25) is 6.23 Å². The molecule has 1 aromatic carbocycles. The number of carbonyl (C=O) groups is 1. The number of rotatable bonds is 18. The Morgan fingerprint density at radius 2 is 1.61 bits per heavy atom. The Bertz CT molecular complexity index is 758. The van der Waals surface area contributed by atoms with Crippen LogP contribution in [0.1, 0.15) is 45.4 Å². The highest BCUT2D eigenvalue weighted by atomic mass is 32.5. The van der Waals surface area contributed by atoms with Gasteiger partial charge in [-0.3, -0.25) is 9.32 Å². The van der Waals surface area contributed by atoms with E-state index in [1.165, 1.54) is 0 Å². The zero-order chi connectivity index (χ0) is 24.9. The van der Waals surface area contributed by atoms with E-state index in [-0.39, 0.29) is 11.1 Å². The lowest BCUT2D eigenvalue weighted by atomic mass is 10.2. The van der Waals surface area contributed by atoms with Crippen LogP contribution in [0.25, 0.3) is 0 Å². The van der Waals surface area contributed by atoms with Crippen molar-refractivity contribution in [1.82, 2.24) is 0 Å². The average Bonchev–Trinajstić information content (AvgIpc) is 2.72. The van der Waals surface area contributed by atoms with Crippen LogP contribution in [0, 0.1) is 0 Å². The van der Waals surface area contributed by atoms with Gasteiger partial charge in [-0.25, -0.2) is 0 Å². The molecule has 3 N–H and O–H groups in total. The molecular weight excluding hydrogens is 469 g/mol. The summed E-state index contributed by atoms with van der Waals surface area (Å²) in [6.07, 6.45) is 1.61. The van der Waals surface area contributed by atoms with Gasteiger partial charge in [0.25, 0.3) is 0 Å². The molecular formula is C22H39NO8PS+. The Labute approximate surface area is 202 Å². The summed E-state index contributed by atoms with van der Waals surface area (Å²) in [5, 5.41) is 19.4. The summed E-state index contributed by atoms with van der Waals surface area (Å²) < 4.78 is 22.1. The zero-order valence-electron chi connectivity index (χ0n) is 20.0. The first kappa shape index (κ1) is 29.8. The molecule has 3 atom stereocenters. The number of aliphatic carboxylic acids is 1. The summed E-state index contributed by atoms with van der Waals surface area (Å²) in [6.45, 7) is -0.315. The number of carboxylic acids is 1. The minimum absolute atomic E-state index is 0.0234. The first-order valence-electron chi connectivity index (χ1n) is 11.2. The molecule has 0 radical (unpaired) electrons. The van der Waals surface area contributed by atoms with Crippen LogP contribution >= 0.6 is 6.72 Å². The summed E-state index contributed by atoms with van der Waals surface area (Å²) in [5.74, 6) is 0.317. The average molecular weight is 509 g/mol. The largest absolute Gasteiger partial charge is 0.493 e. The lowest BCUT2D eigenvalue weighted by Crippen LogP contribution is -2.52. The van der Waals surface area contributed by atoms with Crippen molar-refractivity contribution in [2.75, 3.05) is 41.0 Å². The highest BCUT2D eigenvalue weighted by Crippen LogP contribution is 2.46. The number of hydrogen-bond acceptors (Lipinski definition) is 7. The summed E-state index contributed by atoms with van der Waals surface area (Å²) >= 11 is 5.00. The van der Waals surface area contributed by atoms with Crippen molar-refractivity contribution in [2.24, 2.45) is 0 Å². The predicted octanol–water partition coefficient (Wildman–Crippen LogP) is 3.53. The molecule has 0 bridgehead atoms. The Balaban J connectivity index is 2.38. The molecule has 2 unspecified atom stereocenters. The topological polar surface area (TPSA) is 115 Å². The number of carboxylic acid groups (broad SMARTS) is 1. The fraction of sp³-hybridized carbons (Fsp3) is 0.682. The molecule has 1 rings (SSSR count). The maximum absolute atomic E-state index is 11.1. The van der Waals surface area contributed by atoms with E-state index < -0.39 is 31.4 Å². The third-order valence-electron chi connectivity index (χ3n) is 4.65. The molecule has 0 aliphatic heterocycles. The number of hydrogen-bond donors (Lipinski definition) is 3. The molecule has 0 fully saturated rings. The van der Waals surface area contributed by atoms with Crippen molar-refractivity contribution >= 4 is 24.5 Å². The van der Waals surface area contributed by atoms with E-state index in [2.05, 4.69) is 6.92 Å². The van der Waals surface area contributed by atoms with Gasteiger partial charge in [-0.05, 0) is 43.2 Å². The van der Waals surface area contributed by atoms with Crippen molar-refractivity contribution in [3.05, 3.63) is 24.3 Å². The Kier molecular flexibility index (Phi) is 13.4. The molecule has 190 valence electrons. The minimum Gasteiger partial charge on any atom is -0.493 e. The van der Waals surface area contributed by atoms with E-state index in [0.717, 1.165) is 25.0 Å². The van der Waals surface area contributed by atoms with Crippen LogP contribution in [0.4, 0.5) is 0 Å². The van der Waals surface area contributed by atoms with Gasteiger partial charge in [0.1, 0.15) is 11.5 Å². The van der Waals surface area contributed by atoms with Crippen LogP contribution in [0.15, 0.2) is 24.3 Å². The van der Waals surface area contributed by atoms with Gasteiger partial charge in [-0.2, -0.15) is 0 Å². The van der Waals surface area contributed by atoms with Gasteiger partial charge < -0.3 is 33.6 Å². The van der Waals surface area contributed by atoms with Crippen molar-refractivity contribution in [3.8, 4) is 11.5 Å². The van der Waals surface area contributed by atoms with E-state index in [9.17, 15) is 14.8 Å². The number of aliphatic hydroxyl groups excluding tert-OH is 1. The highest BCUT2D eigenvalue weighted by molar-refractivity contribution is 8.07. The van der Waals surface area contributed by atoms with Crippen LogP contribution in [0.2, 0.25) is 0 Å². The Morgan fingerprint density at radius 3 is 2.12 bits per heavy atom. The quantitative estimate of drug-likeness (QED) is 0.119. The smallest absolute Gasteiger partial charge is 0.325 e. The Morgan fingerprint density at radius 1 is 1.06 bits per heavy atom. The van der Waals surface area contributed by atoms with Crippen molar-refractivity contribution in [1.29, 1.82) is 0 Å². The molecule has 0 aliphatic rings. The molecule has 0 aromatic heterocycles. The molecule has 1 aromatic rings. The SMILES string of the molecule is CCCCCOc1cccc(OCCCCOP(O)(=S)O[C@H](CC(=O)O)C(O)[N+](C)(C)C)c1. The second-order valence-corrected chi connectivity index (χ2v) is 11.4. The van der Waals surface area contributed by atoms with Crippen molar-refractivity contribution < 1.29 is 42.9 Å². The fourth-order valence-corrected chi connectivity index (χ4v) is 4.34. The van der Waals surface area contributed by atoms with Crippen molar-refractivity contribution in [3.63, 3.8) is 0 Å². The van der Waals surface area contributed by atoms with Gasteiger partial charge in [0.15, 0.2) is 6.10 Å². The van der Waals surface area contributed by atoms with Crippen LogP contribution in [0.5, 0.6) is 11.5 Å². The van der Waals surface area contributed by atoms with Gasteiger partial charge in [-0.15, -0.1) is 0 Å². The molecule has 0 heterocycles. The van der Waals surface area contributed by atoms with Crippen molar-refractivity contribution in [2.45, 2.75) is 57.8 Å². The standard InChI is InChI=1S/C22H38NO8PS/c1-5-6-7-13-28-18-11-10-12-19(16-18)29-14-8-9-15-30-32(27,33)31-20(17-21(24)25)22(26)23(2,3)4/h10-12,16,20,22,26H,5-9,13-15,17H2,1-4H3,(H-,24,25,27,33)/p+1/t20-,22?,32?/m1/s1. The number of benzene rings is 1. The molecule has 0 saturated heterocycles. The summed E-state index contributed by atoms with van der Waals surface area (Å²) in [5.41, 5.74) is 0. The van der Waals surface area contributed by atoms with Gasteiger partial charge in [0, 0.05) is 6.07 Å². The highest BCUT2D eigenvalue weighted by Gasteiger charge is 2.37. The van der Waals surface area contributed by atoms with Crippen LogP contribution < -0.4 is 9.47 Å². The van der Waals surface area contributed by atoms with E-state index in [4.69, 9.17) is 35.4 Å². The number of nitrogens with zero attached hydrogens (tertiary/aromatic N) is 1. The zero-order valence-corrected chi connectivity index (χ0v) is 21.7. The molecule has 0 spiro atoms. The maximum atomic E-state index is 11.1. The third-order valence-corrected chi connectivity index (χ3v) is 6.28. The second kappa shape index (κ2) is 14.9. The van der Waals surface area contributed by atoms with E-state index in [1.807, 2.05) is 24.3 Å². The van der Waals surface area contributed by atoms with Crippen LogP contribution in [-0.4, -0.2) is 78.9 Å². The normalized spacial score (nSPS) is 15.5. The third kappa shape index (κ3) is 13.3. The molecule has 33 heavy (non-hydrogen) atoms. The Hall–Kier alpha value is -1.26. The maximum Gasteiger partial charge on any atom is 0.325 e. The number of unbranched alkanes of at least 4 members (excludes halogenated alkanes) is 3. The minimum atomic E-state index is -3.71. The van der Waals surface area contributed by atoms with Gasteiger partial charge >= 0.3 is 12.7 Å². The second-order valence-electron chi connectivity index (χ2n) is 8.66. The predicted molar refractivity (Wildman–Crippen MR) is 130 cm³/mol. The molecule has 0 saturated carbocycles. The van der Waals surface area contributed by atoms with E-state index in [0.29, 0.717) is 31.8 Å². The van der Waals surface area contributed by atoms with Gasteiger partial charge in [-0.1, -0.05) is 25.8 Å².